The van der Waals surface area contributed by atoms with Gasteiger partial charge in [-0.15, -0.1) is 0 Å². The van der Waals surface area contributed by atoms with Crippen LogP contribution in [0.15, 0.2) is 5.16 Å². The smallest absolute Gasteiger partial charge is 0.118 e. The molecule has 0 aliphatic heterocycles. The van der Waals surface area contributed by atoms with Gasteiger partial charge < -0.3 is 20.8 Å². The van der Waals surface area contributed by atoms with Crippen LogP contribution in [0, 0.1) is 34.5 Å². The van der Waals surface area contributed by atoms with Crippen molar-refractivity contribution >= 4 is 6.21 Å². The maximum absolute atomic E-state index is 12.1. The van der Waals surface area contributed by atoms with Gasteiger partial charge in [0, 0.05) is 17.5 Å². The van der Waals surface area contributed by atoms with Gasteiger partial charge in [0.05, 0.1) is 11.7 Å². The van der Waals surface area contributed by atoms with Crippen LogP contribution in [-0.2, 0) is 4.84 Å². The summed E-state index contributed by atoms with van der Waals surface area (Å²) in [4.78, 5) is 5.38. The second-order valence-corrected chi connectivity index (χ2v) is 10.7. The zero-order valence-electron chi connectivity index (χ0n) is 17.8. The van der Waals surface area contributed by atoms with Gasteiger partial charge >= 0.3 is 0 Å². The summed E-state index contributed by atoms with van der Waals surface area (Å²) in [6, 6.07) is 0. The van der Waals surface area contributed by atoms with E-state index in [0.717, 1.165) is 57.8 Å². The zero-order chi connectivity index (χ0) is 20.0. The Balaban J connectivity index is 1.52. The van der Waals surface area contributed by atoms with Gasteiger partial charge in [0.25, 0.3) is 0 Å². The van der Waals surface area contributed by atoms with Gasteiger partial charge in [0.2, 0.25) is 0 Å². The molecule has 4 rings (SSSR count). The van der Waals surface area contributed by atoms with E-state index in [9.17, 15) is 10.2 Å². The summed E-state index contributed by atoms with van der Waals surface area (Å²) in [5, 5.41) is 26.5. The van der Waals surface area contributed by atoms with Crippen LogP contribution in [0.1, 0.15) is 78.1 Å². The fraction of sp³-hybridized carbons (Fsp3) is 0.957. The topological polar surface area (TPSA) is 88.1 Å². The highest BCUT2D eigenvalue weighted by Crippen LogP contribution is 2.68. The van der Waals surface area contributed by atoms with Gasteiger partial charge in [-0.1, -0.05) is 19.0 Å². The summed E-state index contributed by atoms with van der Waals surface area (Å²) in [6.45, 7) is 5.95. The second-order valence-electron chi connectivity index (χ2n) is 10.7. The third-order valence-corrected chi connectivity index (χ3v) is 9.65. The first-order valence-corrected chi connectivity index (χ1v) is 11.6. The SMILES string of the molecule is C[C@]12CCC(O)CC1CC[C@@H]1[C@H]2CC[C@]2(C)C(C=NOCCCN)CC[C@@]12O. The number of hydrogen-bond acceptors (Lipinski definition) is 5. The molecular weight excluding hydrogens is 352 g/mol. The molecule has 0 heterocycles. The molecular formula is C23H40N2O3. The highest BCUT2D eigenvalue weighted by Gasteiger charge is 2.66. The molecule has 5 nitrogen and oxygen atoms in total. The summed E-state index contributed by atoms with van der Waals surface area (Å²) < 4.78 is 0. The van der Waals surface area contributed by atoms with Crippen LogP contribution in [0.25, 0.3) is 0 Å². The van der Waals surface area contributed by atoms with Crippen molar-refractivity contribution in [2.75, 3.05) is 13.2 Å². The lowest BCUT2D eigenvalue weighted by atomic mass is 9.43. The molecule has 0 radical (unpaired) electrons. The lowest BCUT2D eigenvalue weighted by molar-refractivity contribution is -0.206. The van der Waals surface area contributed by atoms with Crippen LogP contribution in [0.5, 0.6) is 0 Å². The Morgan fingerprint density at radius 1 is 1.07 bits per heavy atom. The Morgan fingerprint density at radius 2 is 1.89 bits per heavy atom. The van der Waals surface area contributed by atoms with E-state index in [1.807, 2.05) is 6.21 Å². The number of hydrogen-bond donors (Lipinski definition) is 3. The van der Waals surface area contributed by atoms with Gasteiger partial charge in [0.1, 0.15) is 6.61 Å². The van der Waals surface area contributed by atoms with Gasteiger partial charge in [-0.25, -0.2) is 0 Å². The first kappa shape index (κ1) is 20.6. The van der Waals surface area contributed by atoms with Crippen molar-refractivity contribution in [2.45, 2.75) is 89.8 Å². The normalized spacial score (nSPS) is 50.8. The molecule has 0 aromatic rings. The number of oxime groups is 1. The monoisotopic (exact) mass is 392 g/mol. The number of aliphatic hydroxyl groups excluding tert-OH is 1. The number of fused-ring (bicyclic) bond motifs is 5. The van der Waals surface area contributed by atoms with E-state index < -0.39 is 5.60 Å². The maximum atomic E-state index is 12.1. The molecule has 4 aliphatic rings. The summed E-state index contributed by atoms with van der Waals surface area (Å²) in [5.74, 6) is 1.89. The van der Waals surface area contributed by atoms with E-state index >= 15 is 0 Å². The van der Waals surface area contributed by atoms with Gasteiger partial charge in [0.15, 0.2) is 0 Å². The maximum Gasteiger partial charge on any atom is 0.118 e. The third kappa shape index (κ3) is 3.04. The predicted octanol–water partition coefficient (Wildman–Crippen LogP) is 3.47. The summed E-state index contributed by atoms with van der Waals surface area (Å²) in [6.07, 6.45) is 12.1. The van der Waals surface area contributed by atoms with Crippen LogP contribution in [0.2, 0.25) is 0 Å². The van der Waals surface area contributed by atoms with Crippen molar-refractivity contribution in [1.29, 1.82) is 0 Å². The molecule has 160 valence electrons. The summed E-state index contributed by atoms with van der Waals surface area (Å²) in [7, 11) is 0. The minimum Gasteiger partial charge on any atom is -0.396 e. The van der Waals surface area contributed by atoms with Crippen molar-refractivity contribution in [3.8, 4) is 0 Å². The van der Waals surface area contributed by atoms with Crippen molar-refractivity contribution < 1.29 is 15.1 Å². The molecule has 0 aromatic heterocycles. The van der Waals surface area contributed by atoms with Crippen LogP contribution in [-0.4, -0.2) is 41.3 Å². The molecule has 3 unspecified atom stereocenters. The highest BCUT2D eigenvalue weighted by molar-refractivity contribution is 5.63. The molecule has 0 amide bonds. The number of rotatable bonds is 5. The predicted molar refractivity (Wildman–Crippen MR) is 111 cm³/mol. The lowest BCUT2D eigenvalue weighted by Crippen LogP contribution is -2.62. The van der Waals surface area contributed by atoms with Gasteiger partial charge in [-0.2, -0.15) is 0 Å². The number of nitrogens with two attached hydrogens (primary N) is 1. The quantitative estimate of drug-likeness (QED) is 0.380. The fourth-order valence-electron chi connectivity index (χ4n) is 7.80. The van der Waals surface area contributed by atoms with E-state index in [4.69, 9.17) is 10.6 Å². The standard InChI is InChI=1S/C23H40N2O3/c1-21-9-7-18(26)14-16(21)4-5-20-19(21)8-10-22(2)17(6-11-23(20,22)27)15-25-28-13-3-12-24/h15-20,26-27H,3-14,24H2,1-2H3/t16?,17?,18?,19-,20-,21+,22-,23-/m1/s1. The van der Waals surface area contributed by atoms with Crippen LogP contribution in [0.4, 0.5) is 0 Å². The van der Waals surface area contributed by atoms with E-state index in [1.165, 1.54) is 6.42 Å². The molecule has 0 bridgehead atoms. The molecule has 4 fully saturated rings. The van der Waals surface area contributed by atoms with E-state index in [2.05, 4.69) is 19.0 Å². The first-order chi connectivity index (χ1) is 13.3. The molecule has 0 spiro atoms. The molecule has 28 heavy (non-hydrogen) atoms. The minimum atomic E-state index is -0.589. The minimum absolute atomic E-state index is 0.105. The Labute approximate surface area is 170 Å². The fourth-order valence-corrected chi connectivity index (χ4v) is 7.80. The van der Waals surface area contributed by atoms with E-state index in [1.54, 1.807) is 0 Å². The molecule has 8 atom stereocenters. The van der Waals surface area contributed by atoms with Crippen molar-refractivity contribution in [3.05, 3.63) is 0 Å². The number of nitrogens with zero attached hydrogens (tertiary/aromatic N) is 1. The van der Waals surface area contributed by atoms with E-state index in [0.29, 0.717) is 30.9 Å². The Kier molecular flexibility index (Phi) is 5.56. The largest absolute Gasteiger partial charge is 0.396 e. The Morgan fingerprint density at radius 3 is 2.68 bits per heavy atom. The van der Waals surface area contributed by atoms with Crippen molar-refractivity contribution in [1.82, 2.24) is 0 Å². The average molecular weight is 393 g/mol. The highest BCUT2D eigenvalue weighted by atomic mass is 16.6. The Bertz CT molecular complexity index is 598. The first-order valence-electron chi connectivity index (χ1n) is 11.6. The number of aliphatic hydroxyl groups is 2. The van der Waals surface area contributed by atoms with Crippen molar-refractivity contribution in [3.63, 3.8) is 0 Å². The van der Waals surface area contributed by atoms with E-state index in [-0.39, 0.29) is 22.9 Å². The van der Waals surface area contributed by atoms with Crippen LogP contribution < -0.4 is 5.73 Å². The second kappa shape index (κ2) is 7.55. The van der Waals surface area contributed by atoms with Gasteiger partial charge in [-0.3, -0.25) is 0 Å². The zero-order valence-corrected chi connectivity index (χ0v) is 17.8. The third-order valence-electron chi connectivity index (χ3n) is 9.65. The molecule has 4 aliphatic carbocycles. The Hall–Kier alpha value is -0.650. The molecule has 4 N–H and O–H groups in total. The molecule has 5 heteroatoms. The van der Waals surface area contributed by atoms with Crippen LogP contribution >= 0.6 is 0 Å². The molecule has 0 saturated heterocycles. The molecule has 0 aromatic carbocycles. The summed E-state index contributed by atoms with van der Waals surface area (Å²) >= 11 is 0. The van der Waals surface area contributed by atoms with Gasteiger partial charge in [-0.05, 0) is 93.9 Å². The lowest BCUT2D eigenvalue weighted by Gasteiger charge is -2.63. The summed E-state index contributed by atoms with van der Waals surface area (Å²) in [5.41, 5.74) is 5.10. The van der Waals surface area contributed by atoms with Crippen molar-refractivity contribution in [2.24, 2.45) is 45.4 Å². The average Bonchev–Trinajstić information content (AvgIpc) is 2.93. The molecule has 4 saturated carbocycles. The van der Waals surface area contributed by atoms with Crippen LogP contribution in [0.3, 0.4) is 0 Å².